The number of unbranched alkanes of at least 4 members (excludes halogenated alkanes) is 1. The van der Waals surface area contributed by atoms with Gasteiger partial charge in [-0.1, -0.05) is 36.8 Å². The molecule has 2 aliphatic heterocycles. The molecule has 1 saturated heterocycles. The number of hydrogen-bond donors (Lipinski definition) is 1. The largest absolute Gasteiger partial charge is 0.507 e. The molecule has 210 valence electrons. The Morgan fingerprint density at radius 1 is 1.12 bits per heavy atom. The number of carbonyl (C=O) groups excluding carboxylic acids is 2. The van der Waals surface area contributed by atoms with E-state index in [0.29, 0.717) is 46.3 Å². The Kier molecular flexibility index (Phi) is 7.13. The molecule has 41 heavy (non-hydrogen) atoms. The molecular formula is C32H30N2O6S. The summed E-state index contributed by atoms with van der Waals surface area (Å²) in [5.41, 5.74) is 2.71. The number of Topliss-reactive ketones (excluding diaryl/α,β-unsaturated/α-hetero) is 1. The van der Waals surface area contributed by atoms with E-state index in [1.165, 1.54) is 16.2 Å². The topological polar surface area (TPSA) is 98.2 Å². The number of aliphatic hydroxyl groups is 1. The lowest BCUT2D eigenvalue weighted by Gasteiger charge is -2.23. The van der Waals surface area contributed by atoms with E-state index in [1.807, 2.05) is 49.4 Å². The molecule has 9 heteroatoms. The van der Waals surface area contributed by atoms with Gasteiger partial charge in [0.25, 0.3) is 5.78 Å². The molecule has 2 aliphatic rings. The number of nitrogens with zero attached hydrogens (tertiary/aromatic N) is 2. The molecule has 2 atom stereocenters. The summed E-state index contributed by atoms with van der Waals surface area (Å²) in [6.45, 7) is 4.62. The highest BCUT2D eigenvalue weighted by atomic mass is 32.1. The van der Waals surface area contributed by atoms with E-state index >= 15 is 0 Å². The molecule has 0 saturated carbocycles. The first kappa shape index (κ1) is 26.8. The zero-order valence-corrected chi connectivity index (χ0v) is 23.9. The van der Waals surface area contributed by atoms with Gasteiger partial charge in [-0.3, -0.25) is 14.5 Å². The Hall–Kier alpha value is -4.37. The summed E-state index contributed by atoms with van der Waals surface area (Å²) in [5, 5.41) is 12.0. The highest BCUT2D eigenvalue weighted by Gasteiger charge is 2.48. The second-order valence-electron chi connectivity index (χ2n) is 10.2. The molecule has 0 unspecified atom stereocenters. The van der Waals surface area contributed by atoms with Gasteiger partial charge in [-0.05, 0) is 73.0 Å². The van der Waals surface area contributed by atoms with Crippen LogP contribution in [0.25, 0.3) is 16.0 Å². The molecule has 0 spiro atoms. The summed E-state index contributed by atoms with van der Waals surface area (Å²) in [6, 6.07) is 17.2. The van der Waals surface area contributed by atoms with Crippen LogP contribution in [0.2, 0.25) is 0 Å². The number of aliphatic hydroxyl groups excluding tert-OH is 1. The van der Waals surface area contributed by atoms with E-state index in [9.17, 15) is 14.7 Å². The van der Waals surface area contributed by atoms with Crippen LogP contribution < -0.4 is 19.1 Å². The minimum atomic E-state index is -0.907. The van der Waals surface area contributed by atoms with Crippen LogP contribution in [0.15, 0.2) is 66.2 Å². The molecule has 8 nitrogen and oxygen atoms in total. The molecule has 0 radical (unpaired) electrons. The molecule has 6 rings (SSSR count). The van der Waals surface area contributed by atoms with Crippen LogP contribution in [0.4, 0.5) is 5.13 Å². The molecule has 4 aromatic rings. The quantitative estimate of drug-likeness (QED) is 0.113. The molecule has 1 amide bonds. The molecule has 3 heterocycles. The number of methoxy groups -OCH3 is 1. The van der Waals surface area contributed by atoms with Gasteiger partial charge in [0, 0.05) is 12.0 Å². The number of carbonyl (C=O) groups is 2. The monoisotopic (exact) mass is 570 g/mol. The summed E-state index contributed by atoms with van der Waals surface area (Å²) in [5.74, 6) is 0.285. The summed E-state index contributed by atoms with van der Waals surface area (Å²) in [4.78, 5) is 33.4. The van der Waals surface area contributed by atoms with Gasteiger partial charge >= 0.3 is 5.91 Å². The Labute approximate surface area is 241 Å². The summed E-state index contributed by atoms with van der Waals surface area (Å²) in [6.07, 6.45) is 2.62. The van der Waals surface area contributed by atoms with Gasteiger partial charge in [0.2, 0.25) is 0 Å². The third-order valence-corrected chi connectivity index (χ3v) is 8.36. The van der Waals surface area contributed by atoms with Gasteiger partial charge in [-0.15, -0.1) is 0 Å². The van der Waals surface area contributed by atoms with Crippen molar-refractivity contribution in [2.45, 2.75) is 45.3 Å². The summed E-state index contributed by atoms with van der Waals surface area (Å²) < 4.78 is 17.9. The first-order chi connectivity index (χ1) is 19.9. The molecular weight excluding hydrogens is 540 g/mol. The van der Waals surface area contributed by atoms with E-state index < -0.39 is 17.7 Å². The number of ketones is 1. The van der Waals surface area contributed by atoms with Crippen LogP contribution in [0, 0.1) is 0 Å². The van der Waals surface area contributed by atoms with E-state index in [1.54, 1.807) is 25.3 Å². The number of amides is 1. The Bertz CT molecular complexity index is 1690. The van der Waals surface area contributed by atoms with Crippen LogP contribution in [-0.2, 0) is 16.0 Å². The SMILES string of the molecule is CCCCOc1cccc([C@H]2C(=C(O)c3ccc4c(c3)C[C@@H](C)O4)C(=O)C(=O)N2c2nc3ccc(OC)cc3s2)c1. The number of fused-ring (bicyclic) bond motifs is 2. The lowest BCUT2D eigenvalue weighted by Crippen LogP contribution is -2.29. The van der Waals surface area contributed by atoms with Gasteiger partial charge < -0.3 is 19.3 Å². The summed E-state index contributed by atoms with van der Waals surface area (Å²) in [7, 11) is 1.59. The molecule has 0 aliphatic carbocycles. The Morgan fingerprint density at radius 2 is 1.98 bits per heavy atom. The van der Waals surface area contributed by atoms with Gasteiger partial charge in [0.15, 0.2) is 5.13 Å². The average Bonchev–Trinajstić information content (AvgIpc) is 3.64. The van der Waals surface area contributed by atoms with Crippen molar-refractivity contribution < 1.29 is 28.9 Å². The number of rotatable bonds is 8. The lowest BCUT2D eigenvalue weighted by molar-refractivity contribution is -0.132. The van der Waals surface area contributed by atoms with Crippen molar-refractivity contribution in [2.75, 3.05) is 18.6 Å². The second-order valence-corrected chi connectivity index (χ2v) is 11.2. The predicted octanol–water partition coefficient (Wildman–Crippen LogP) is 6.43. The molecule has 0 bridgehead atoms. The van der Waals surface area contributed by atoms with E-state index in [-0.39, 0.29) is 17.4 Å². The normalized spacial score (nSPS) is 19.4. The van der Waals surface area contributed by atoms with E-state index in [4.69, 9.17) is 19.2 Å². The number of aromatic nitrogens is 1. The van der Waals surface area contributed by atoms with Gasteiger partial charge in [0.05, 0.1) is 35.5 Å². The van der Waals surface area contributed by atoms with Crippen LogP contribution in [0.1, 0.15) is 49.4 Å². The molecule has 3 aromatic carbocycles. The number of benzene rings is 3. The smallest absolute Gasteiger partial charge is 0.301 e. The average molecular weight is 571 g/mol. The van der Waals surface area contributed by atoms with Gasteiger partial charge in [-0.25, -0.2) is 4.98 Å². The Balaban J connectivity index is 1.49. The molecule has 1 N–H and O–H groups in total. The van der Waals surface area contributed by atoms with Crippen molar-refractivity contribution in [1.82, 2.24) is 4.98 Å². The van der Waals surface area contributed by atoms with Crippen LogP contribution >= 0.6 is 11.3 Å². The minimum absolute atomic E-state index is 0.00413. The van der Waals surface area contributed by atoms with E-state index in [0.717, 1.165) is 28.9 Å². The van der Waals surface area contributed by atoms with Crippen LogP contribution in [0.5, 0.6) is 17.2 Å². The number of thiazole rings is 1. The zero-order valence-electron chi connectivity index (χ0n) is 23.0. The fraction of sp³-hybridized carbons (Fsp3) is 0.281. The fourth-order valence-corrected chi connectivity index (χ4v) is 6.32. The van der Waals surface area contributed by atoms with Crippen LogP contribution in [-0.4, -0.2) is 41.6 Å². The van der Waals surface area contributed by atoms with Crippen molar-refractivity contribution >= 4 is 44.1 Å². The maximum atomic E-state index is 13.7. The molecule has 1 aromatic heterocycles. The van der Waals surface area contributed by atoms with Crippen molar-refractivity contribution in [3.05, 3.63) is 82.9 Å². The maximum Gasteiger partial charge on any atom is 0.301 e. The predicted molar refractivity (Wildman–Crippen MR) is 158 cm³/mol. The van der Waals surface area contributed by atoms with Crippen molar-refractivity contribution in [2.24, 2.45) is 0 Å². The third kappa shape index (κ3) is 4.91. The maximum absolute atomic E-state index is 13.7. The van der Waals surface area contributed by atoms with E-state index in [2.05, 4.69) is 6.92 Å². The standard InChI is InChI=1S/C32H30N2O6S/c1-4-5-13-39-23-8-6-7-19(16-23)28-27(29(35)20-9-12-25-21(15-20)14-18(2)40-25)30(36)31(37)34(28)32-33-24-11-10-22(38-3)17-26(24)41-32/h6-12,15-18,28,35H,4-5,13-14H2,1-3H3/t18-,28+/m1/s1. The first-order valence-electron chi connectivity index (χ1n) is 13.7. The number of hydrogen-bond acceptors (Lipinski definition) is 8. The first-order valence-corrected chi connectivity index (χ1v) is 14.5. The number of anilines is 1. The molecule has 1 fully saturated rings. The second kappa shape index (κ2) is 10.9. The van der Waals surface area contributed by atoms with Crippen molar-refractivity contribution in [3.63, 3.8) is 0 Å². The minimum Gasteiger partial charge on any atom is -0.507 e. The van der Waals surface area contributed by atoms with Gasteiger partial charge in [-0.2, -0.15) is 0 Å². The summed E-state index contributed by atoms with van der Waals surface area (Å²) >= 11 is 1.29. The van der Waals surface area contributed by atoms with Crippen molar-refractivity contribution in [3.8, 4) is 17.2 Å². The highest BCUT2D eigenvalue weighted by Crippen LogP contribution is 2.45. The highest BCUT2D eigenvalue weighted by molar-refractivity contribution is 7.22. The number of ether oxygens (including phenoxy) is 3. The fourth-order valence-electron chi connectivity index (χ4n) is 5.30. The van der Waals surface area contributed by atoms with Gasteiger partial charge in [0.1, 0.15) is 29.1 Å². The zero-order chi connectivity index (χ0) is 28.7. The Morgan fingerprint density at radius 3 is 2.78 bits per heavy atom. The lowest BCUT2D eigenvalue weighted by atomic mass is 9.94. The van der Waals surface area contributed by atoms with Crippen LogP contribution in [0.3, 0.4) is 0 Å². The van der Waals surface area contributed by atoms with Crippen molar-refractivity contribution in [1.29, 1.82) is 0 Å². The third-order valence-electron chi connectivity index (χ3n) is 7.34.